The maximum atomic E-state index is 5.85. The van der Waals surface area contributed by atoms with Gasteiger partial charge in [-0.15, -0.1) is 11.6 Å². The number of hydrogen-bond acceptors (Lipinski definition) is 3. The first-order valence-corrected chi connectivity index (χ1v) is 5.27. The Hall–Kier alpha value is -1.42. The molecule has 0 N–H and O–H groups in total. The van der Waals surface area contributed by atoms with Crippen molar-refractivity contribution in [1.29, 1.82) is 0 Å². The van der Waals surface area contributed by atoms with Crippen LogP contribution in [-0.2, 0) is 12.4 Å². The van der Waals surface area contributed by atoms with E-state index in [1.165, 1.54) is 0 Å². The molecular weight excluding hydrogens is 212 g/mol. The third-order valence-corrected chi connectivity index (χ3v) is 2.40. The number of alkyl halides is 1. The molecule has 15 heavy (non-hydrogen) atoms. The van der Waals surface area contributed by atoms with Crippen molar-refractivity contribution in [2.24, 2.45) is 0 Å². The molecule has 2 rings (SSSR count). The molecule has 0 aliphatic carbocycles. The molecule has 4 nitrogen and oxygen atoms in total. The van der Waals surface area contributed by atoms with E-state index in [0.29, 0.717) is 5.88 Å². The molecule has 2 aromatic heterocycles. The molecule has 2 aromatic rings. The third-order valence-electron chi connectivity index (χ3n) is 2.11. The Bertz CT molecular complexity index is 438. The standard InChI is InChI=1S/C10H11ClN4/c1-2-15-7-8(5-11)10(14-15)9-6-12-3-4-13-9/h3-4,6-7H,2,5H2,1H3. The molecule has 0 atom stereocenters. The Morgan fingerprint density at radius 3 is 2.87 bits per heavy atom. The summed E-state index contributed by atoms with van der Waals surface area (Å²) in [7, 11) is 0. The Labute approximate surface area is 92.9 Å². The molecule has 0 radical (unpaired) electrons. The van der Waals surface area contributed by atoms with Gasteiger partial charge in [0.25, 0.3) is 0 Å². The molecule has 0 saturated carbocycles. The van der Waals surface area contributed by atoms with Crippen LogP contribution in [0, 0.1) is 0 Å². The summed E-state index contributed by atoms with van der Waals surface area (Å²) in [6.45, 7) is 2.86. The van der Waals surface area contributed by atoms with Crippen LogP contribution in [0.4, 0.5) is 0 Å². The summed E-state index contributed by atoms with van der Waals surface area (Å²) in [6.07, 6.45) is 6.92. The molecule has 2 heterocycles. The summed E-state index contributed by atoms with van der Waals surface area (Å²) in [6, 6.07) is 0. The predicted octanol–water partition coefficient (Wildman–Crippen LogP) is 2.10. The second-order valence-corrected chi connectivity index (χ2v) is 3.35. The highest BCUT2D eigenvalue weighted by Gasteiger charge is 2.10. The summed E-state index contributed by atoms with van der Waals surface area (Å²) in [5.41, 5.74) is 2.57. The summed E-state index contributed by atoms with van der Waals surface area (Å²) in [5.74, 6) is 0.436. The van der Waals surface area contributed by atoms with Crippen molar-refractivity contribution in [3.63, 3.8) is 0 Å². The van der Waals surface area contributed by atoms with Gasteiger partial charge in [0.05, 0.1) is 12.1 Å². The van der Waals surface area contributed by atoms with E-state index < -0.39 is 0 Å². The van der Waals surface area contributed by atoms with Crippen LogP contribution in [0.15, 0.2) is 24.8 Å². The molecule has 0 aliphatic rings. The normalized spacial score (nSPS) is 10.5. The lowest BCUT2D eigenvalue weighted by Crippen LogP contribution is -1.94. The number of aromatic nitrogens is 4. The topological polar surface area (TPSA) is 43.6 Å². The lowest BCUT2D eigenvalue weighted by molar-refractivity contribution is 0.661. The molecule has 5 heteroatoms. The minimum absolute atomic E-state index is 0.436. The molecule has 0 unspecified atom stereocenters. The van der Waals surface area contributed by atoms with Crippen molar-refractivity contribution in [3.05, 3.63) is 30.4 Å². The average Bonchev–Trinajstić information content (AvgIpc) is 2.73. The Kier molecular flexibility index (Phi) is 2.97. The number of halogens is 1. The quantitative estimate of drug-likeness (QED) is 0.747. The van der Waals surface area contributed by atoms with Crippen LogP contribution in [-0.4, -0.2) is 19.7 Å². The summed E-state index contributed by atoms with van der Waals surface area (Å²) >= 11 is 5.85. The fraction of sp³-hybridized carbons (Fsp3) is 0.300. The molecule has 0 saturated heterocycles. The van der Waals surface area contributed by atoms with E-state index in [0.717, 1.165) is 23.5 Å². The molecule has 0 spiro atoms. The molecule has 0 amide bonds. The zero-order valence-corrected chi connectivity index (χ0v) is 9.15. The highest BCUT2D eigenvalue weighted by atomic mass is 35.5. The van der Waals surface area contributed by atoms with E-state index in [4.69, 9.17) is 11.6 Å². The summed E-state index contributed by atoms with van der Waals surface area (Å²) < 4.78 is 1.85. The molecule has 0 aliphatic heterocycles. The molecular formula is C10H11ClN4. The molecule has 0 fully saturated rings. The Morgan fingerprint density at radius 1 is 1.40 bits per heavy atom. The molecule has 0 aromatic carbocycles. The van der Waals surface area contributed by atoms with Gasteiger partial charge in [-0.05, 0) is 6.92 Å². The minimum Gasteiger partial charge on any atom is -0.272 e. The van der Waals surface area contributed by atoms with Gasteiger partial charge in [0.2, 0.25) is 0 Å². The van der Waals surface area contributed by atoms with Crippen LogP contribution in [0.25, 0.3) is 11.4 Å². The third kappa shape index (κ3) is 1.99. The number of nitrogens with zero attached hydrogens (tertiary/aromatic N) is 4. The van der Waals surface area contributed by atoms with E-state index >= 15 is 0 Å². The fourth-order valence-electron chi connectivity index (χ4n) is 1.36. The SMILES string of the molecule is CCn1cc(CCl)c(-c2cnccn2)n1. The largest absolute Gasteiger partial charge is 0.272 e. The second-order valence-electron chi connectivity index (χ2n) is 3.08. The van der Waals surface area contributed by atoms with Gasteiger partial charge in [-0.2, -0.15) is 5.10 Å². The van der Waals surface area contributed by atoms with Crippen LogP contribution in [0.1, 0.15) is 12.5 Å². The van der Waals surface area contributed by atoms with Gasteiger partial charge in [0.15, 0.2) is 0 Å². The van der Waals surface area contributed by atoms with Crippen molar-refractivity contribution >= 4 is 11.6 Å². The van der Waals surface area contributed by atoms with Crippen molar-refractivity contribution < 1.29 is 0 Å². The van der Waals surface area contributed by atoms with E-state index in [2.05, 4.69) is 15.1 Å². The second kappa shape index (κ2) is 4.40. The van der Waals surface area contributed by atoms with Gasteiger partial charge >= 0.3 is 0 Å². The van der Waals surface area contributed by atoms with Gasteiger partial charge in [-0.3, -0.25) is 14.6 Å². The van der Waals surface area contributed by atoms with Crippen LogP contribution in [0.2, 0.25) is 0 Å². The zero-order valence-electron chi connectivity index (χ0n) is 8.39. The summed E-state index contributed by atoms with van der Waals surface area (Å²) in [4.78, 5) is 8.22. The van der Waals surface area contributed by atoms with E-state index in [1.807, 2.05) is 17.8 Å². The highest BCUT2D eigenvalue weighted by molar-refractivity contribution is 6.17. The van der Waals surface area contributed by atoms with Crippen LogP contribution < -0.4 is 0 Å². The van der Waals surface area contributed by atoms with E-state index in [1.54, 1.807) is 18.6 Å². The number of aryl methyl sites for hydroxylation is 1. The van der Waals surface area contributed by atoms with Crippen molar-refractivity contribution in [2.45, 2.75) is 19.3 Å². The Balaban J connectivity index is 2.47. The van der Waals surface area contributed by atoms with Crippen LogP contribution >= 0.6 is 11.6 Å². The summed E-state index contributed by atoms with van der Waals surface area (Å²) in [5, 5.41) is 4.40. The predicted molar refractivity (Wildman–Crippen MR) is 58.5 cm³/mol. The fourth-order valence-corrected chi connectivity index (χ4v) is 1.56. The highest BCUT2D eigenvalue weighted by Crippen LogP contribution is 2.20. The average molecular weight is 223 g/mol. The van der Waals surface area contributed by atoms with E-state index in [-0.39, 0.29) is 0 Å². The first kappa shape index (κ1) is 10.1. The monoisotopic (exact) mass is 222 g/mol. The Morgan fingerprint density at radius 2 is 2.27 bits per heavy atom. The number of hydrogen-bond donors (Lipinski definition) is 0. The molecule has 0 bridgehead atoms. The first-order chi connectivity index (χ1) is 7.35. The maximum absolute atomic E-state index is 5.85. The minimum atomic E-state index is 0.436. The van der Waals surface area contributed by atoms with Gasteiger partial charge in [-0.25, -0.2) is 0 Å². The van der Waals surface area contributed by atoms with Crippen LogP contribution in [0.3, 0.4) is 0 Å². The lowest BCUT2D eigenvalue weighted by Gasteiger charge is -1.96. The molecule has 78 valence electrons. The van der Waals surface area contributed by atoms with E-state index in [9.17, 15) is 0 Å². The number of rotatable bonds is 3. The smallest absolute Gasteiger partial charge is 0.117 e. The van der Waals surface area contributed by atoms with Gasteiger partial charge in [0, 0.05) is 30.7 Å². The first-order valence-electron chi connectivity index (χ1n) is 4.73. The van der Waals surface area contributed by atoms with Crippen molar-refractivity contribution in [2.75, 3.05) is 0 Å². The zero-order chi connectivity index (χ0) is 10.7. The van der Waals surface area contributed by atoms with Crippen LogP contribution in [0.5, 0.6) is 0 Å². The lowest BCUT2D eigenvalue weighted by atomic mass is 10.2. The van der Waals surface area contributed by atoms with Gasteiger partial charge < -0.3 is 0 Å². The van der Waals surface area contributed by atoms with Crippen molar-refractivity contribution in [1.82, 2.24) is 19.7 Å². The maximum Gasteiger partial charge on any atom is 0.117 e. The van der Waals surface area contributed by atoms with Gasteiger partial charge in [-0.1, -0.05) is 0 Å². The van der Waals surface area contributed by atoms with Gasteiger partial charge in [0.1, 0.15) is 11.4 Å². The van der Waals surface area contributed by atoms with Crippen molar-refractivity contribution in [3.8, 4) is 11.4 Å².